The van der Waals surface area contributed by atoms with E-state index in [1.165, 1.54) is 0 Å². The Hall–Kier alpha value is -0.570. The van der Waals surface area contributed by atoms with Crippen molar-refractivity contribution in [2.45, 2.75) is 32.6 Å². The monoisotopic (exact) mass is 158 g/mol. The number of unbranched alkanes of at least 4 members (excludes halogenated alkanes) is 1. The van der Waals surface area contributed by atoms with Crippen molar-refractivity contribution in [3.8, 4) is 0 Å². The van der Waals surface area contributed by atoms with E-state index in [1.54, 1.807) is 0 Å². The minimum Gasteiger partial charge on any atom is -0.369 e. The van der Waals surface area contributed by atoms with E-state index < -0.39 is 0 Å². The number of rotatable bonds is 6. The van der Waals surface area contributed by atoms with Crippen LogP contribution in [-0.4, -0.2) is 12.5 Å². The molecule has 3 nitrogen and oxygen atoms in total. The molecule has 0 aromatic heterocycles. The van der Waals surface area contributed by atoms with Crippen LogP contribution < -0.4 is 11.5 Å². The maximum atomic E-state index is 10.7. The van der Waals surface area contributed by atoms with Crippen LogP contribution in [0.25, 0.3) is 0 Å². The van der Waals surface area contributed by atoms with Gasteiger partial charge in [-0.2, -0.15) is 0 Å². The van der Waals surface area contributed by atoms with E-state index in [2.05, 4.69) is 0 Å². The number of hydrogen-bond donors (Lipinski definition) is 2. The zero-order valence-corrected chi connectivity index (χ0v) is 7.18. The maximum absolute atomic E-state index is 10.7. The van der Waals surface area contributed by atoms with Gasteiger partial charge in [0.05, 0.1) is 0 Å². The molecular formula is C8H18N2O. The van der Waals surface area contributed by atoms with E-state index in [0.717, 1.165) is 25.7 Å². The van der Waals surface area contributed by atoms with Gasteiger partial charge in [-0.3, -0.25) is 4.79 Å². The van der Waals surface area contributed by atoms with Crippen LogP contribution in [0.3, 0.4) is 0 Å². The highest BCUT2D eigenvalue weighted by Crippen LogP contribution is 2.10. The van der Waals surface area contributed by atoms with E-state index >= 15 is 0 Å². The zero-order chi connectivity index (χ0) is 8.69. The lowest BCUT2D eigenvalue weighted by Gasteiger charge is -2.08. The van der Waals surface area contributed by atoms with Gasteiger partial charge in [-0.25, -0.2) is 0 Å². The minimum absolute atomic E-state index is 0.0570. The second kappa shape index (κ2) is 6.16. The standard InChI is InChI=1S/C8H18N2O/c1-2-7(8(10)11)5-3-4-6-9/h7H,2-6,9H2,1H3,(H2,10,11). The highest BCUT2D eigenvalue weighted by atomic mass is 16.1. The molecule has 0 saturated carbocycles. The van der Waals surface area contributed by atoms with E-state index in [1.807, 2.05) is 6.92 Å². The summed E-state index contributed by atoms with van der Waals surface area (Å²) >= 11 is 0. The first-order chi connectivity index (χ1) is 5.22. The predicted molar refractivity (Wildman–Crippen MR) is 45.9 cm³/mol. The van der Waals surface area contributed by atoms with Crippen molar-refractivity contribution >= 4 is 5.91 Å². The molecule has 0 radical (unpaired) electrons. The highest BCUT2D eigenvalue weighted by molar-refractivity contribution is 5.76. The molecule has 0 heterocycles. The largest absolute Gasteiger partial charge is 0.369 e. The summed E-state index contributed by atoms with van der Waals surface area (Å²) in [5, 5.41) is 0. The quantitative estimate of drug-likeness (QED) is 0.556. The van der Waals surface area contributed by atoms with Gasteiger partial charge in [0.15, 0.2) is 0 Å². The van der Waals surface area contributed by atoms with Gasteiger partial charge in [0.2, 0.25) is 5.91 Å². The van der Waals surface area contributed by atoms with Crippen molar-refractivity contribution in [1.82, 2.24) is 0 Å². The van der Waals surface area contributed by atoms with Gasteiger partial charge in [0, 0.05) is 5.92 Å². The number of hydrogen-bond acceptors (Lipinski definition) is 2. The van der Waals surface area contributed by atoms with Crippen LogP contribution in [0, 0.1) is 5.92 Å². The summed E-state index contributed by atoms with van der Waals surface area (Å²) in [6.45, 7) is 2.69. The Bertz CT molecular complexity index is 115. The number of primary amides is 1. The third-order valence-corrected chi connectivity index (χ3v) is 1.90. The van der Waals surface area contributed by atoms with Gasteiger partial charge in [0.1, 0.15) is 0 Å². The molecule has 0 aromatic rings. The first-order valence-electron chi connectivity index (χ1n) is 4.21. The molecule has 1 atom stereocenters. The number of carbonyl (C=O) groups is 1. The van der Waals surface area contributed by atoms with Crippen LogP contribution >= 0.6 is 0 Å². The van der Waals surface area contributed by atoms with Crippen molar-refractivity contribution in [3.63, 3.8) is 0 Å². The Kier molecular flexibility index (Phi) is 5.84. The van der Waals surface area contributed by atoms with Crippen LogP contribution in [0.5, 0.6) is 0 Å². The summed E-state index contributed by atoms with van der Waals surface area (Å²) in [6, 6.07) is 0. The molecule has 0 saturated heterocycles. The third-order valence-electron chi connectivity index (χ3n) is 1.90. The summed E-state index contributed by atoms with van der Waals surface area (Å²) in [7, 11) is 0. The van der Waals surface area contributed by atoms with Gasteiger partial charge in [-0.1, -0.05) is 13.3 Å². The molecule has 0 rings (SSSR count). The normalized spacial score (nSPS) is 12.9. The molecule has 0 aliphatic rings. The predicted octanol–water partition coefficient (Wildman–Crippen LogP) is 0.627. The molecule has 0 fully saturated rings. The van der Waals surface area contributed by atoms with E-state index in [4.69, 9.17) is 11.5 Å². The molecule has 0 aliphatic heterocycles. The smallest absolute Gasteiger partial charge is 0.220 e. The molecule has 0 aliphatic carbocycles. The second-order valence-corrected chi connectivity index (χ2v) is 2.79. The fraction of sp³-hybridized carbons (Fsp3) is 0.875. The van der Waals surface area contributed by atoms with Gasteiger partial charge < -0.3 is 11.5 Å². The Labute approximate surface area is 68.1 Å². The van der Waals surface area contributed by atoms with E-state index in [0.29, 0.717) is 6.54 Å². The fourth-order valence-electron chi connectivity index (χ4n) is 1.08. The average Bonchev–Trinajstić information content (AvgIpc) is 1.97. The third kappa shape index (κ3) is 4.79. The Balaban J connectivity index is 3.44. The lowest BCUT2D eigenvalue weighted by molar-refractivity contribution is -0.122. The number of carbonyl (C=O) groups excluding carboxylic acids is 1. The molecule has 4 N–H and O–H groups in total. The lowest BCUT2D eigenvalue weighted by atomic mass is 9.99. The van der Waals surface area contributed by atoms with Crippen molar-refractivity contribution in [2.24, 2.45) is 17.4 Å². The van der Waals surface area contributed by atoms with Crippen LogP contribution in [0.1, 0.15) is 32.6 Å². The molecule has 0 bridgehead atoms. The molecule has 0 spiro atoms. The number of nitrogens with two attached hydrogens (primary N) is 2. The molecule has 11 heavy (non-hydrogen) atoms. The van der Waals surface area contributed by atoms with Crippen LogP contribution in [0.2, 0.25) is 0 Å². The molecule has 1 unspecified atom stereocenters. The molecule has 0 aromatic carbocycles. The van der Waals surface area contributed by atoms with Gasteiger partial charge in [-0.15, -0.1) is 0 Å². The van der Waals surface area contributed by atoms with E-state index in [9.17, 15) is 4.79 Å². The summed E-state index contributed by atoms with van der Waals surface area (Å²) in [5.74, 6) is -0.119. The van der Waals surface area contributed by atoms with E-state index in [-0.39, 0.29) is 11.8 Å². The average molecular weight is 158 g/mol. The maximum Gasteiger partial charge on any atom is 0.220 e. The molecular weight excluding hydrogens is 140 g/mol. The number of amides is 1. The van der Waals surface area contributed by atoms with Crippen LogP contribution in [-0.2, 0) is 4.79 Å². The van der Waals surface area contributed by atoms with Gasteiger partial charge in [0.25, 0.3) is 0 Å². The Morgan fingerprint density at radius 1 is 1.45 bits per heavy atom. The zero-order valence-electron chi connectivity index (χ0n) is 7.18. The molecule has 66 valence electrons. The van der Waals surface area contributed by atoms with Gasteiger partial charge in [-0.05, 0) is 25.8 Å². The molecule has 1 amide bonds. The van der Waals surface area contributed by atoms with Crippen molar-refractivity contribution in [3.05, 3.63) is 0 Å². The topological polar surface area (TPSA) is 69.1 Å². The minimum atomic E-state index is -0.176. The summed E-state index contributed by atoms with van der Waals surface area (Å²) in [6.07, 6.45) is 3.74. The first-order valence-corrected chi connectivity index (χ1v) is 4.21. The lowest BCUT2D eigenvalue weighted by Crippen LogP contribution is -2.22. The summed E-state index contributed by atoms with van der Waals surface area (Å²) < 4.78 is 0. The Morgan fingerprint density at radius 3 is 2.45 bits per heavy atom. The summed E-state index contributed by atoms with van der Waals surface area (Å²) in [5.41, 5.74) is 10.5. The fourth-order valence-corrected chi connectivity index (χ4v) is 1.08. The van der Waals surface area contributed by atoms with Crippen molar-refractivity contribution in [2.75, 3.05) is 6.54 Å². The SMILES string of the molecule is CCC(CCCCN)C(N)=O. The van der Waals surface area contributed by atoms with Crippen LogP contribution in [0.4, 0.5) is 0 Å². The van der Waals surface area contributed by atoms with Crippen LogP contribution in [0.15, 0.2) is 0 Å². The second-order valence-electron chi connectivity index (χ2n) is 2.79. The Morgan fingerprint density at radius 2 is 2.09 bits per heavy atom. The van der Waals surface area contributed by atoms with Crippen molar-refractivity contribution < 1.29 is 4.79 Å². The first kappa shape index (κ1) is 10.4. The molecule has 3 heteroatoms. The van der Waals surface area contributed by atoms with Crippen molar-refractivity contribution in [1.29, 1.82) is 0 Å². The summed E-state index contributed by atoms with van der Waals surface area (Å²) in [4.78, 5) is 10.7. The highest BCUT2D eigenvalue weighted by Gasteiger charge is 2.10. The van der Waals surface area contributed by atoms with Gasteiger partial charge >= 0.3 is 0 Å².